The minimum atomic E-state index is -1.50. The van der Waals surface area contributed by atoms with E-state index in [1.54, 1.807) is 17.0 Å². The molecule has 3 aromatic rings. The molecule has 2 heterocycles. The van der Waals surface area contributed by atoms with E-state index in [1.165, 1.54) is 18.9 Å². The van der Waals surface area contributed by atoms with Crippen molar-refractivity contribution in [1.82, 2.24) is 14.9 Å². The van der Waals surface area contributed by atoms with Crippen LogP contribution in [0.4, 0.5) is 29.5 Å². The predicted octanol–water partition coefficient (Wildman–Crippen LogP) is 3.72. The van der Waals surface area contributed by atoms with Crippen molar-refractivity contribution in [2.75, 3.05) is 43.5 Å². The van der Waals surface area contributed by atoms with Crippen molar-refractivity contribution in [3.05, 3.63) is 53.3 Å². The van der Waals surface area contributed by atoms with Crippen molar-refractivity contribution in [2.24, 2.45) is 0 Å². The Balaban J connectivity index is 1.47. The molecule has 0 radical (unpaired) electrons. The Kier molecular flexibility index (Phi) is 5.53. The van der Waals surface area contributed by atoms with Crippen molar-refractivity contribution < 1.29 is 22.7 Å². The molecule has 1 saturated heterocycles. The van der Waals surface area contributed by atoms with Gasteiger partial charge in [0.1, 0.15) is 0 Å². The maximum Gasteiger partial charge on any atom is 0.323 e. The number of hydrogen-bond acceptors (Lipinski definition) is 5. The number of hydrogen-bond donors (Lipinski definition) is 1. The molecule has 4 rings (SSSR count). The third-order valence-corrected chi connectivity index (χ3v) is 5.17. The first-order valence-corrected chi connectivity index (χ1v) is 9.64. The van der Waals surface area contributed by atoms with Gasteiger partial charge >= 0.3 is 6.03 Å². The van der Waals surface area contributed by atoms with Gasteiger partial charge in [-0.25, -0.2) is 27.9 Å². The molecule has 1 aromatic heterocycles. The van der Waals surface area contributed by atoms with Crippen LogP contribution in [0.2, 0.25) is 0 Å². The van der Waals surface area contributed by atoms with Gasteiger partial charge in [-0.2, -0.15) is 0 Å². The van der Waals surface area contributed by atoms with E-state index in [0.29, 0.717) is 16.6 Å². The van der Waals surface area contributed by atoms with Gasteiger partial charge < -0.3 is 14.5 Å². The van der Waals surface area contributed by atoms with Crippen molar-refractivity contribution >= 4 is 28.6 Å². The molecule has 1 fully saturated rings. The lowest BCUT2D eigenvalue weighted by Gasteiger charge is -2.36. The molecule has 1 N–H and O–H groups in total. The number of benzene rings is 2. The minimum absolute atomic E-state index is 0.0148. The van der Waals surface area contributed by atoms with E-state index in [4.69, 9.17) is 4.74 Å². The minimum Gasteiger partial charge on any atom is -0.478 e. The molecule has 2 aromatic carbocycles. The molecule has 1 aliphatic rings. The average molecular weight is 431 g/mol. The van der Waals surface area contributed by atoms with Crippen LogP contribution in [0.1, 0.15) is 5.56 Å². The van der Waals surface area contributed by atoms with Crippen LogP contribution in [0.3, 0.4) is 0 Å². The molecule has 31 heavy (non-hydrogen) atoms. The molecule has 1 aliphatic heterocycles. The molecule has 162 valence electrons. The fraction of sp³-hybridized carbons (Fsp3) is 0.286. The number of carbonyl (C=O) groups is 1. The smallest absolute Gasteiger partial charge is 0.323 e. The Morgan fingerprint density at radius 2 is 1.68 bits per heavy atom. The number of ether oxygens (including phenoxy) is 1. The third-order valence-electron chi connectivity index (χ3n) is 5.17. The summed E-state index contributed by atoms with van der Waals surface area (Å²) in [5, 5.41) is 2.70. The third kappa shape index (κ3) is 3.92. The SMILES string of the molecule is COc1nc2ccccc2nc1NC(=O)N1CCN(c2c(C)cc(F)c(F)c2F)CC1. The van der Waals surface area contributed by atoms with Gasteiger partial charge in [-0.05, 0) is 30.7 Å². The fourth-order valence-electron chi connectivity index (χ4n) is 3.61. The van der Waals surface area contributed by atoms with Crippen LogP contribution < -0.4 is 15.0 Å². The van der Waals surface area contributed by atoms with Crippen LogP contribution in [0, 0.1) is 24.4 Å². The largest absolute Gasteiger partial charge is 0.478 e. The molecule has 0 saturated carbocycles. The zero-order chi connectivity index (χ0) is 22.1. The number of piperazine rings is 1. The number of nitrogens with one attached hydrogen (secondary N) is 1. The highest BCUT2D eigenvalue weighted by Gasteiger charge is 2.27. The first-order chi connectivity index (χ1) is 14.9. The Morgan fingerprint density at radius 1 is 1.03 bits per heavy atom. The van der Waals surface area contributed by atoms with Crippen LogP contribution in [-0.4, -0.2) is 54.2 Å². The Hall–Kier alpha value is -3.56. The normalized spacial score (nSPS) is 14.1. The summed E-state index contributed by atoms with van der Waals surface area (Å²) in [6.07, 6.45) is 0. The number of carbonyl (C=O) groups excluding carboxylic acids is 1. The van der Waals surface area contributed by atoms with Crippen molar-refractivity contribution in [3.8, 4) is 5.88 Å². The number of anilines is 2. The maximum atomic E-state index is 14.3. The van der Waals surface area contributed by atoms with E-state index in [0.717, 1.165) is 6.07 Å². The summed E-state index contributed by atoms with van der Waals surface area (Å²) in [4.78, 5) is 24.6. The number of aromatic nitrogens is 2. The van der Waals surface area contributed by atoms with Crippen molar-refractivity contribution in [1.29, 1.82) is 0 Å². The lowest BCUT2D eigenvalue weighted by atomic mass is 10.1. The van der Waals surface area contributed by atoms with Gasteiger partial charge in [0.15, 0.2) is 23.3 Å². The molecule has 10 heteroatoms. The summed E-state index contributed by atoms with van der Waals surface area (Å²) in [6, 6.07) is 7.76. The van der Waals surface area contributed by atoms with E-state index in [9.17, 15) is 18.0 Å². The fourth-order valence-corrected chi connectivity index (χ4v) is 3.61. The van der Waals surface area contributed by atoms with Crippen LogP contribution in [-0.2, 0) is 0 Å². The summed E-state index contributed by atoms with van der Waals surface area (Å²) in [5.74, 6) is -3.56. The highest BCUT2D eigenvalue weighted by Crippen LogP contribution is 2.29. The zero-order valence-corrected chi connectivity index (χ0v) is 17.0. The second-order valence-electron chi connectivity index (χ2n) is 7.13. The summed E-state index contributed by atoms with van der Waals surface area (Å²) in [7, 11) is 1.44. The van der Waals surface area contributed by atoms with E-state index in [2.05, 4.69) is 15.3 Å². The van der Waals surface area contributed by atoms with Gasteiger partial charge in [0.25, 0.3) is 5.88 Å². The topological polar surface area (TPSA) is 70.6 Å². The molecular formula is C21H20F3N5O2. The Labute approximate surface area is 176 Å². The molecule has 0 unspecified atom stereocenters. The monoisotopic (exact) mass is 431 g/mol. The maximum absolute atomic E-state index is 14.3. The zero-order valence-electron chi connectivity index (χ0n) is 17.0. The number of aryl methyl sites for hydroxylation is 1. The lowest BCUT2D eigenvalue weighted by Crippen LogP contribution is -2.50. The quantitative estimate of drug-likeness (QED) is 0.640. The molecule has 0 spiro atoms. The summed E-state index contributed by atoms with van der Waals surface area (Å²) in [5.41, 5.74) is 1.55. The van der Waals surface area contributed by atoms with E-state index in [1.807, 2.05) is 12.1 Å². The van der Waals surface area contributed by atoms with Crippen LogP contribution >= 0.6 is 0 Å². The van der Waals surface area contributed by atoms with Crippen molar-refractivity contribution in [3.63, 3.8) is 0 Å². The van der Waals surface area contributed by atoms with Gasteiger partial charge in [0.2, 0.25) is 0 Å². The molecular weight excluding hydrogens is 411 g/mol. The number of urea groups is 1. The van der Waals surface area contributed by atoms with E-state index in [-0.39, 0.29) is 43.6 Å². The first kappa shape index (κ1) is 20.7. The highest BCUT2D eigenvalue weighted by atomic mass is 19.2. The average Bonchev–Trinajstić information content (AvgIpc) is 2.77. The standard InChI is InChI=1S/C21H20F3N5O2/c1-12-11-13(22)16(23)17(24)18(12)28-7-9-29(10-8-28)21(30)27-19-20(31-2)26-15-6-4-3-5-14(15)25-19/h3-6,11H,7-10H2,1-2H3,(H,25,27,30). The summed E-state index contributed by atoms with van der Waals surface area (Å²) >= 11 is 0. The van der Waals surface area contributed by atoms with Crippen LogP contribution in [0.25, 0.3) is 11.0 Å². The number of rotatable bonds is 3. The molecule has 0 atom stereocenters. The number of nitrogens with zero attached hydrogens (tertiary/aromatic N) is 4. The van der Waals surface area contributed by atoms with Gasteiger partial charge in [-0.1, -0.05) is 12.1 Å². The van der Waals surface area contributed by atoms with Crippen molar-refractivity contribution in [2.45, 2.75) is 6.92 Å². The Bertz CT molecular complexity index is 1150. The van der Waals surface area contributed by atoms with Gasteiger partial charge in [0, 0.05) is 26.2 Å². The Morgan fingerprint density at radius 3 is 2.32 bits per heavy atom. The van der Waals surface area contributed by atoms with Crippen LogP contribution in [0.15, 0.2) is 30.3 Å². The molecule has 7 nitrogen and oxygen atoms in total. The number of halogens is 3. The molecule has 0 aliphatic carbocycles. The first-order valence-electron chi connectivity index (χ1n) is 9.64. The predicted molar refractivity (Wildman–Crippen MR) is 110 cm³/mol. The second-order valence-corrected chi connectivity index (χ2v) is 7.13. The van der Waals surface area contributed by atoms with E-state index >= 15 is 0 Å². The summed E-state index contributed by atoms with van der Waals surface area (Å²) < 4.78 is 46.6. The van der Waals surface area contributed by atoms with E-state index < -0.39 is 23.5 Å². The number of methoxy groups -OCH3 is 1. The molecule has 2 amide bonds. The number of fused-ring (bicyclic) bond motifs is 1. The molecule has 0 bridgehead atoms. The lowest BCUT2D eigenvalue weighted by molar-refractivity contribution is 0.207. The van der Waals surface area contributed by atoms with Gasteiger partial charge in [-0.15, -0.1) is 0 Å². The van der Waals surface area contributed by atoms with Gasteiger partial charge in [0.05, 0.1) is 23.8 Å². The number of amides is 2. The number of para-hydroxylation sites is 2. The van der Waals surface area contributed by atoms with Crippen LogP contribution in [0.5, 0.6) is 5.88 Å². The highest BCUT2D eigenvalue weighted by molar-refractivity contribution is 5.91. The summed E-state index contributed by atoms with van der Waals surface area (Å²) in [6.45, 7) is 2.55. The van der Waals surface area contributed by atoms with Gasteiger partial charge in [-0.3, -0.25) is 5.32 Å². The second kappa shape index (κ2) is 8.29.